The summed E-state index contributed by atoms with van der Waals surface area (Å²) in [6, 6.07) is 7.69. The van der Waals surface area contributed by atoms with Crippen molar-refractivity contribution in [2.45, 2.75) is 18.9 Å². The molecule has 2 aliphatic heterocycles. The summed E-state index contributed by atoms with van der Waals surface area (Å²) in [6.07, 6.45) is 1.63. The maximum absolute atomic E-state index is 11.8. The number of nitrogens with zero attached hydrogens (tertiary/aromatic N) is 2. The van der Waals surface area contributed by atoms with Gasteiger partial charge < -0.3 is 15.5 Å². The molecule has 140 valence electrons. The zero-order valence-corrected chi connectivity index (χ0v) is 14.7. The molecular formula is C18H25N5O3. The third kappa shape index (κ3) is 4.72. The molecule has 0 radical (unpaired) electrons. The molecule has 1 atom stereocenters. The lowest BCUT2D eigenvalue weighted by Gasteiger charge is -2.36. The van der Waals surface area contributed by atoms with Crippen LogP contribution in [0.5, 0.6) is 0 Å². The molecule has 1 unspecified atom stereocenters. The Morgan fingerprint density at radius 1 is 1.12 bits per heavy atom. The molecule has 0 aliphatic carbocycles. The van der Waals surface area contributed by atoms with Crippen LogP contribution in [-0.2, 0) is 14.4 Å². The monoisotopic (exact) mass is 359 g/mol. The third-order valence-electron chi connectivity index (χ3n) is 4.84. The molecule has 26 heavy (non-hydrogen) atoms. The van der Waals surface area contributed by atoms with Crippen LogP contribution >= 0.6 is 0 Å². The van der Waals surface area contributed by atoms with Gasteiger partial charge in [-0.05, 0) is 30.7 Å². The van der Waals surface area contributed by atoms with Crippen LogP contribution in [0.1, 0.15) is 12.8 Å². The van der Waals surface area contributed by atoms with Gasteiger partial charge in [0.15, 0.2) is 0 Å². The molecule has 0 saturated carbocycles. The Hall–Kier alpha value is -2.61. The molecular weight excluding hydrogens is 334 g/mol. The summed E-state index contributed by atoms with van der Waals surface area (Å²) < 4.78 is 0. The number of piperidine rings is 1. The van der Waals surface area contributed by atoms with E-state index in [1.165, 1.54) is 0 Å². The fourth-order valence-corrected chi connectivity index (χ4v) is 3.31. The standard InChI is InChI=1S/C18H25N5O3/c24-13-19-7-8-22-9-11-23(12-10-22)15-3-1-14(2-4-15)20-16-5-6-17(25)21-18(16)26/h1-4,13,16,20H,5-12H2,(H,19,24)(H,21,25,26). The Bertz CT molecular complexity index is 641. The second-order valence-electron chi connectivity index (χ2n) is 6.60. The average molecular weight is 359 g/mol. The summed E-state index contributed by atoms with van der Waals surface area (Å²) in [5.41, 5.74) is 2.03. The number of anilines is 2. The summed E-state index contributed by atoms with van der Waals surface area (Å²) in [6.45, 7) is 5.39. The van der Waals surface area contributed by atoms with Crippen molar-refractivity contribution in [3.63, 3.8) is 0 Å². The minimum absolute atomic E-state index is 0.204. The molecule has 2 fully saturated rings. The van der Waals surface area contributed by atoms with Crippen LogP contribution in [0.15, 0.2) is 24.3 Å². The lowest BCUT2D eigenvalue weighted by atomic mass is 10.1. The highest BCUT2D eigenvalue weighted by Gasteiger charge is 2.26. The summed E-state index contributed by atoms with van der Waals surface area (Å²) in [4.78, 5) is 38.0. The van der Waals surface area contributed by atoms with Crippen molar-refractivity contribution in [2.75, 3.05) is 49.5 Å². The summed E-state index contributed by atoms with van der Waals surface area (Å²) in [7, 11) is 0. The molecule has 3 rings (SSSR count). The van der Waals surface area contributed by atoms with E-state index in [9.17, 15) is 14.4 Å². The number of benzene rings is 1. The van der Waals surface area contributed by atoms with Gasteiger partial charge in [-0.2, -0.15) is 0 Å². The topological polar surface area (TPSA) is 93.8 Å². The summed E-state index contributed by atoms with van der Waals surface area (Å²) >= 11 is 0. The van der Waals surface area contributed by atoms with Crippen molar-refractivity contribution < 1.29 is 14.4 Å². The number of nitrogens with one attached hydrogen (secondary N) is 3. The molecule has 8 nitrogen and oxygen atoms in total. The Labute approximate surface area is 152 Å². The van der Waals surface area contributed by atoms with E-state index >= 15 is 0 Å². The maximum Gasteiger partial charge on any atom is 0.249 e. The van der Waals surface area contributed by atoms with E-state index in [1.54, 1.807) is 0 Å². The molecule has 0 aromatic heterocycles. The molecule has 3 amide bonds. The predicted octanol–water partition coefficient (Wildman–Crippen LogP) is -0.228. The number of piperazine rings is 1. The van der Waals surface area contributed by atoms with Gasteiger partial charge >= 0.3 is 0 Å². The zero-order valence-electron chi connectivity index (χ0n) is 14.7. The molecule has 3 N–H and O–H groups in total. The Morgan fingerprint density at radius 3 is 2.50 bits per heavy atom. The highest BCUT2D eigenvalue weighted by atomic mass is 16.2. The molecule has 0 spiro atoms. The fraction of sp³-hybridized carbons (Fsp3) is 0.500. The van der Waals surface area contributed by atoms with E-state index in [2.05, 4.69) is 37.9 Å². The fourth-order valence-electron chi connectivity index (χ4n) is 3.31. The van der Waals surface area contributed by atoms with Crippen molar-refractivity contribution in [2.24, 2.45) is 0 Å². The molecule has 1 aromatic rings. The molecule has 2 aliphatic rings. The lowest BCUT2D eigenvalue weighted by Crippen LogP contribution is -2.48. The van der Waals surface area contributed by atoms with Crippen LogP contribution in [0.25, 0.3) is 0 Å². The SMILES string of the molecule is O=CNCCN1CCN(c2ccc(NC3CCC(=O)NC3=O)cc2)CC1. The smallest absolute Gasteiger partial charge is 0.249 e. The second-order valence-corrected chi connectivity index (χ2v) is 6.60. The van der Waals surface area contributed by atoms with Gasteiger partial charge in [0.2, 0.25) is 18.2 Å². The van der Waals surface area contributed by atoms with Gasteiger partial charge in [0, 0.05) is 57.1 Å². The Morgan fingerprint density at radius 2 is 1.85 bits per heavy atom. The minimum atomic E-state index is -0.359. The van der Waals surface area contributed by atoms with Crippen molar-refractivity contribution in [1.82, 2.24) is 15.5 Å². The number of imide groups is 1. The highest BCUT2D eigenvalue weighted by Crippen LogP contribution is 2.21. The van der Waals surface area contributed by atoms with E-state index in [1.807, 2.05) is 12.1 Å². The van der Waals surface area contributed by atoms with E-state index < -0.39 is 0 Å². The van der Waals surface area contributed by atoms with Gasteiger partial charge in [-0.1, -0.05) is 0 Å². The van der Waals surface area contributed by atoms with Crippen molar-refractivity contribution >= 4 is 29.6 Å². The van der Waals surface area contributed by atoms with Crippen molar-refractivity contribution in [3.05, 3.63) is 24.3 Å². The number of carbonyl (C=O) groups is 3. The second kappa shape index (κ2) is 8.66. The third-order valence-corrected chi connectivity index (χ3v) is 4.84. The van der Waals surface area contributed by atoms with E-state index in [0.717, 1.165) is 50.5 Å². The van der Waals surface area contributed by atoms with Gasteiger partial charge in [-0.15, -0.1) is 0 Å². The Kier molecular flexibility index (Phi) is 6.06. The molecule has 8 heteroatoms. The predicted molar refractivity (Wildman–Crippen MR) is 99.0 cm³/mol. The van der Waals surface area contributed by atoms with Crippen LogP contribution in [0, 0.1) is 0 Å². The molecule has 2 saturated heterocycles. The number of rotatable bonds is 7. The van der Waals surface area contributed by atoms with Crippen LogP contribution in [0.4, 0.5) is 11.4 Å². The lowest BCUT2D eigenvalue weighted by molar-refractivity contribution is -0.133. The van der Waals surface area contributed by atoms with Gasteiger partial charge in [-0.3, -0.25) is 24.6 Å². The van der Waals surface area contributed by atoms with E-state index in [-0.39, 0.29) is 17.9 Å². The molecule has 2 heterocycles. The van der Waals surface area contributed by atoms with Crippen LogP contribution in [-0.4, -0.2) is 68.4 Å². The first-order valence-electron chi connectivity index (χ1n) is 9.00. The normalized spacial score (nSPS) is 21.2. The first-order valence-corrected chi connectivity index (χ1v) is 9.00. The minimum Gasteiger partial charge on any atom is -0.374 e. The Balaban J connectivity index is 1.48. The van der Waals surface area contributed by atoms with E-state index in [4.69, 9.17) is 0 Å². The number of hydrogen-bond donors (Lipinski definition) is 3. The van der Waals surface area contributed by atoms with Crippen LogP contribution in [0.3, 0.4) is 0 Å². The van der Waals surface area contributed by atoms with Crippen molar-refractivity contribution in [3.8, 4) is 0 Å². The summed E-state index contributed by atoms with van der Waals surface area (Å²) in [5, 5.41) is 8.24. The number of hydrogen-bond acceptors (Lipinski definition) is 6. The van der Waals surface area contributed by atoms with Crippen LogP contribution < -0.4 is 20.9 Å². The number of carbonyl (C=O) groups excluding carboxylic acids is 3. The van der Waals surface area contributed by atoms with E-state index in [0.29, 0.717) is 19.4 Å². The zero-order chi connectivity index (χ0) is 18.4. The largest absolute Gasteiger partial charge is 0.374 e. The average Bonchev–Trinajstić information content (AvgIpc) is 2.65. The maximum atomic E-state index is 11.8. The number of amides is 3. The quantitative estimate of drug-likeness (QED) is 0.354. The van der Waals surface area contributed by atoms with Gasteiger partial charge in [0.25, 0.3) is 0 Å². The first kappa shape index (κ1) is 18.2. The van der Waals surface area contributed by atoms with Gasteiger partial charge in [0.05, 0.1) is 0 Å². The van der Waals surface area contributed by atoms with Crippen LogP contribution in [0.2, 0.25) is 0 Å². The summed E-state index contributed by atoms with van der Waals surface area (Å²) in [5.74, 6) is -0.463. The van der Waals surface area contributed by atoms with Crippen molar-refractivity contribution in [1.29, 1.82) is 0 Å². The van der Waals surface area contributed by atoms with Gasteiger partial charge in [-0.25, -0.2) is 0 Å². The van der Waals surface area contributed by atoms with Gasteiger partial charge in [0.1, 0.15) is 6.04 Å². The molecule has 0 bridgehead atoms. The first-order chi connectivity index (χ1) is 12.7. The molecule has 1 aromatic carbocycles. The highest BCUT2D eigenvalue weighted by molar-refractivity contribution is 6.01.